The minimum absolute atomic E-state index is 0.0279. The second-order valence-electron chi connectivity index (χ2n) is 5.67. The van der Waals surface area contributed by atoms with Crippen LogP contribution in [0.4, 0.5) is 11.4 Å². The van der Waals surface area contributed by atoms with Gasteiger partial charge in [-0.1, -0.05) is 23.7 Å². The van der Waals surface area contributed by atoms with Gasteiger partial charge >= 0.3 is 0 Å². The molecule has 0 atom stereocenters. The van der Waals surface area contributed by atoms with E-state index in [9.17, 15) is 9.59 Å². The van der Waals surface area contributed by atoms with Gasteiger partial charge in [-0.05, 0) is 36.8 Å². The third kappa shape index (κ3) is 3.11. The van der Waals surface area contributed by atoms with Gasteiger partial charge in [0.1, 0.15) is 22.2 Å². The van der Waals surface area contributed by atoms with Crippen LogP contribution in [0.15, 0.2) is 53.2 Å². The number of nitrogens with zero attached hydrogens (tertiary/aromatic N) is 1. The van der Waals surface area contributed by atoms with Gasteiger partial charge in [0.25, 0.3) is 11.8 Å². The number of imide groups is 1. The van der Waals surface area contributed by atoms with Crippen LogP contribution >= 0.6 is 11.6 Å². The van der Waals surface area contributed by atoms with E-state index in [0.717, 1.165) is 10.5 Å². The van der Waals surface area contributed by atoms with Crippen LogP contribution in [0.2, 0.25) is 0 Å². The molecule has 134 valence electrons. The highest BCUT2D eigenvalue weighted by atomic mass is 35.5. The van der Waals surface area contributed by atoms with E-state index >= 15 is 0 Å². The van der Waals surface area contributed by atoms with Crippen LogP contribution in [0.3, 0.4) is 0 Å². The van der Waals surface area contributed by atoms with Crippen molar-refractivity contribution in [3.63, 3.8) is 0 Å². The first-order valence-corrected chi connectivity index (χ1v) is 8.18. The van der Waals surface area contributed by atoms with Crippen molar-refractivity contribution < 1.29 is 19.1 Å². The highest BCUT2D eigenvalue weighted by Gasteiger charge is 2.40. The molecule has 6 nitrogen and oxygen atoms in total. The Balaban J connectivity index is 1.96. The van der Waals surface area contributed by atoms with Crippen LogP contribution in [-0.2, 0) is 9.59 Å². The smallest absolute Gasteiger partial charge is 0.283 e. The summed E-state index contributed by atoms with van der Waals surface area (Å²) >= 11 is 6.15. The van der Waals surface area contributed by atoms with Crippen molar-refractivity contribution in [2.45, 2.75) is 6.92 Å². The number of ether oxygens (including phenoxy) is 2. The Morgan fingerprint density at radius 2 is 1.77 bits per heavy atom. The topological polar surface area (TPSA) is 67.9 Å². The molecule has 0 unspecified atom stereocenters. The Bertz CT molecular complexity index is 924. The fourth-order valence-electron chi connectivity index (χ4n) is 2.67. The van der Waals surface area contributed by atoms with Crippen LogP contribution in [0, 0.1) is 6.92 Å². The quantitative estimate of drug-likeness (QED) is 0.814. The van der Waals surface area contributed by atoms with E-state index in [1.54, 1.807) is 24.3 Å². The molecular weight excluding hydrogens is 356 g/mol. The van der Waals surface area contributed by atoms with Crippen molar-refractivity contribution in [3.8, 4) is 11.5 Å². The van der Waals surface area contributed by atoms with Gasteiger partial charge in [-0.3, -0.25) is 9.59 Å². The van der Waals surface area contributed by atoms with Crippen molar-refractivity contribution in [1.29, 1.82) is 0 Å². The lowest BCUT2D eigenvalue weighted by Crippen LogP contribution is -2.32. The zero-order valence-corrected chi connectivity index (χ0v) is 15.3. The summed E-state index contributed by atoms with van der Waals surface area (Å²) in [6.45, 7) is 1.93. The third-order valence-electron chi connectivity index (χ3n) is 3.94. The second-order valence-corrected chi connectivity index (χ2v) is 6.04. The van der Waals surface area contributed by atoms with E-state index in [-0.39, 0.29) is 10.7 Å². The zero-order valence-electron chi connectivity index (χ0n) is 14.5. The SMILES string of the molecule is COc1ccc(N2C(=O)C(Cl)=C(Nc3cccc(C)c3)C2=O)c(OC)c1. The van der Waals surface area contributed by atoms with Gasteiger partial charge in [-0.15, -0.1) is 0 Å². The molecule has 26 heavy (non-hydrogen) atoms. The predicted octanol–water partition coefficient (Wildman–Crippen LogP) is 3.45. The molecule has 2 aromatic carbocycles. The average Bonchev–Trinajstić information content (AvgIpc) is 2.85. The number of carbonyl (C=O) groups is 2. The van der Waals surface area contributed by atoms with Crippen LogP contribution in [-0.4, -0.2) is 26.0 Å². The number of hydrogen-bond acceptors (Lipinski definition) is 5. The van der Waals surface area contributed by atoms with Crippen molar-refractivity contribution in [2.75, 3.05) is 24.4 Å². The van der Waals surface area contributed by atoms with E-state index in [1.807, 2.05) is 25.1 Å². The van der Waals surface area contributed by atoms with Crippen molar-refractivity contribution >= 4 is 34.8 Å². The summed E-state index contributed by atoms with van der Waals surface area (Å²) < 4.78 is 10.4. The molecule has 0 saturated carbocycles. The van der Waals surface area contributed by atoms with E-state index in [0.29, 0.717) is 22.9 Å². The summed E-state index contributed by atoms with van der Waals surface area (Å²) in [6, 6.07) is 12.2. The summed E-state index contributed by atoms with van der Waals surface area (Å²) in [5.74, 6) is -0.297. The monoisotopic (exact) mass is 372 g/mol. The van der Waals surface area contributed by atoms with E-state index in [2.05, 4.69) is 5.32 Å². The molecule has 0 spiro atoms. The maximum Gasteiger partial charge on any atom is 0.283 e. The van der Waals surface area contributed by atoms with Crippen molar-refractivity contribution in [1.82, 2.24) is 0 Å². The molecule has 2 aromatic rings. The molecule has 0 saturated heterocycles. The highest BCUT2D eigenvalue weighted by molar-refractivity contribution is 6.53. The molecule has 1 aliphatic rings. The number of aryl methyl sites for hydroxylation is 1. The first kappa shape index (κ1) is 17.8. The van der Waals surface area contributed by atoms with Crippen molar-refractivity contribution in [3.05, 3.63) is 58.8 Å². The Kier molecular flexibility index (Phi) is 4.86. The number of methoxy groups -OCH3 is 2. The Morgan fingerprint density at radius 3 is 2.42 bits per heavy atom. The lowest BCUT2D eigenvalue weighted by atomic mass is 10.2. The Labute approximate surface area is 156 Å². The molecule has 3 rings (SSSR count). The predicted molar refractivity (Wildman–Crippen MR) is 99.7 cm³/mol. The summed E-state index contributed by atoms with van der Waals surface area (Å²) in [4.78, 5) is 26.4. The number of anilines is 2. The summed E-state index contributed by atoms with van der Waals surface area (Å²) in [5, 5.41) is 2.77. The van der Waals surface area contributed by atoms with E-state index in [1.165, 1.54) is 14.2 Å². The largest absolute Gasteiger partial charge is 0.497 e. The van der Waals surface area contributed by atoms with Crippen LogP contribution in [0.25, 0.3) is 0 Å². The molecule has 0 aliphatic carbocycles. The van der Waals surface area contributed by atoms with Crippen LogP contribution in [0.1, 0.15) is 5.56 Å². The number of hydrogen-bond donors (Lipinski definition) is 1. The highest BCUT2D eigenvalue weighted by Crippen LogP contribution is 2.37. The number of nitrogens with one attached hydrogen (secondary N) is 1. The minimum atomic E-state index is -0.615. The third-order valence-corrected chi connectivity index (χ3v) is 4.29. The Morgan fingerprint density at radius 1 is 1.00 bits per heavy atom. The van der Waals surface area contributed by atoms with Gasteiger partial charge < -0.3 is 14.8 Å². The van der Waals surface area contributed by atoms with Gasteiger partial charge in [-0.2, -0.15) is 0 Å². The second kappa shape index (κ2) is 7.09. The molecule has 0 aromatic heterocycles. The van der Waals surface area contributed by atoms with Gasteiger partial charge in [-0.25, -0.2) is 4.90 Å². The number of amides is 2. The summed E-state index contributed by atoms with van der Waals surface area (Å²) in [6.07, 6.45) is 0. The first-order chi connectivity index (χ1) is 12.5. The average molecular weight is 373 g/mol. The molecule has 0 fully saturated rings. The molecule has 1 aliphatic heterocycles. The molecule has 1 N–H and O–H groups in total. The van der Waals surface area contributed by atoms with Gasteiger partial charge in [0.15, 0.2) is 0 Å². The Hall–Kier alpha value is -2.99. The molecule has 2 amide bonds. The van der Waals surface area contributed by atoms with Gasteiger partial charge in [0.2, 0.25) is 0 Å². The van der Waals surface area contributed by atoms with E-state index < -0.39 is 11.8 Å². The van der Waals surface area contributed by atoms with Crippen LogP contribution < -0.4 is 19.7 Å². The molecule has 0 radical (unpaired) electrons. The van der Waals surface area contributed by atoms with Gasteiger partial charge in [0, 0.05) is 11.8 Å². The standard InChI is InChI=1S/C19H17ClN2O4/c1-11-5-4-6-12(9-11)21-17-16(20)18(23)22(19(17)24)14-8-7-13(25-2)10-15(14)26-3/h4-10,21H,1-3H3. The fourth-order valence-corrected chi connectivity index (χ4v) is 2.88. The number of halogens is 1. The lowest BCUT2D eigenvalue weighted by molar-refractivity contribution is -0.120. The summed E-state index contributed by atoms with van der Waals surface area (Å²) in [7, 11) is 2.97. The lowest BCUT2D eigenvalue weighted by Gasteiger charge is -2.18. The molecule has 7 heteroatoms. The maximum atomic E-state index is 12.9. The maximum absolute atomic E-state index is 12.9. The summed E-state index contributed by atoms with van der Waals surface area (Å²) in [5.41, 5.74) is 2.00. The number of benzene rings is 2. The normalized spacial score (nSPS) is 14.1. The minimum Gasteiger partial charge on any atom is -0.497 e. The van der Waals surface area contributed by atoms with E-state index in [4.69, 9.17) is 21.1 Å². The zero-order chi connectivity index (χ0) is 18.8. The molecular formula is C19H17ClN2O4. The fraction of sp³-hybridized carbons (Fsp3) is 0.158. The first-order valence-electron chi connectivity index (χ1n) is 7.80. The number of rotatable bonds is 5. The molecule has 1 heterocycles. The number of carbonyl (C=O) groups excluding carboxylic acids is 2. The van der Waals surface area contributed by atoms with Gasteiger partial charge in [0.05, 0.1) is 19.9 Å². The molecule has 0 bridgehead atoms. The van der Waals surface area contributed by atoms with Crippen molar-refractivity contribution in [2.24, 2.45) is 0 Å². The van der Waals surface area contributed by atoms with Crippen LogP contribution in [0.5, 0.6) is 11.5 Å².